The van der Waals surface area contributed by atoms with Gasteiger partial charge in [0, 0.05) is 29.9 Å². The van der Waals surface area contributed by atoms with Crippen LogP contribution in [-0.2, 0) is 9.59 Å². The van der Waals surface area contributed by atoms with Crippen LogP contribution in [0.5, 0.6) is 0 Å². The number of carbonyl (C=O) groups is 2. The number of nitrogens with one attached hydrogen (secondary N) is 1. The molecule has 0 aliphatic carbocycles. The lowest BCUT2D eigenvalue weighted by molar-refractivity contribution is -0.137. The number of imidazole rings is 1. The van der Waals surface area contributed by atoms with Crippen molar-refractivity contribution in [2.45, 2.75) is 54.0 Å². The number of amides is 2. The molecule has 0 aliphatic heterocycles. The van der Waals surface area contributed by atoms with Gasteiger partial charge in [-0.25, -0.2) is 4.98 Å². The number of aryl methyl sites for hydroxylation is 2. The third kappa shape index (κ3) is 6.31. The van der Waals surface area contributed by atoms with E-state index in [1.165, 1.54) is 5.56 Å². The second-order valence-corrected chi connectivity index (χ2v) is 9.28. The average Bonchev–Trinajstić information content (AvgIpc) is 3.15. The van der Waals surface area contributed by atoms with Gasteiger partial charge in [0.05, 0.1) is 5.69 Å². The Morgan fingerprint density at radius 1 is 0.939 bits per heavy atom. The van der Waals surface area contributed by atoms with Crippen LogP contribution in [0.2, 0.25) is 0 Å². The first kappa shape index (κ1) is 24.2. The highest BCUT2D eigenvalue weighted by Crippen LogP contribution is 2.25. The zero-order valence-electron chi connectivity index (χ0n) is 20.4. The Morgan fingerprint density at radius 2 is 1.52 bits per heavy atom. The van der Waals surface area contributed by atoms with Crippen LogP contribution < -0.4 is 5.32 Å². The Bertz CT molecular complexity index is 1100. The van der Waals surface area contributed by atoms with Crippen molar-refractivity contribution >= 4 is 17.8 Å². The molecular formula is C27H34N4O2. The summed E-state index contributed by atoms with van der Waals surface area (Å²) in [5, 5.41) is 2.94. The van der Waals surface area contributed by atoms with Crippen LogP contribution in [0.1, 0.15) is 45.2 Å². The molecule has 2 aromatic carbocycles. The number of rotatable bonds is 8. The first-order valence-corrected chi connectivity index (χ1v) is 11.5. The molecule has 3 rings (SSSR count). The largest absolute Gasteiger partial charge is 0.331 e. The van der Waals surface area contributed by atoms with E-state index >= 15 is 0 Å². The summed E-state index contributed by atoms with van der Waals surface area (Å²) in [4.78, 5) is 32.0. The molecule has 6 nitrogen and oxygen atoms in total. The van der Waals surface area contributed by atoms with Crippen LogP contribution in [-0.4, -0.2) is 38.9 Å². The summed E-state index contributed by atoms with van der Waals surface area (Å²) >= 11 is 0. The highest BCUT2D eigenvalue weighted by atomic mass is 16.2. The summed E-state index contributed by atoms with van der Waals surface area (Å²) in [7, 11) is 0. The van der Waals surface area contributed by atoms with Crippen molar-refractivity contribution in [3.8, 4) is 16.9 Å². The van der Waals surface area contributed by atoms with Crippen molar-refractivity contribution < 1.29 is 9.59 Å². The molecule has 0 unspecified atom stereocenters. The van der Waals surface area contributed by atoms with Crippen LogP contribution >= 0.6 is 0 Å². The molecular weight excluding hydrogens is 412 g/mol. The SMILES string of the molecule is Cc1ccc(-c2cn(-c3ccc(C)cc3)c(NC(=O)CN(C(=O)CC(C)C)C(C)C)n2)cc1. The van der Waals surface area contributed by atoms with Crippen LogP contribution in [0.3, 0.4) is 0 Å². The Kier molecular flexibility index (Phi) is 7.69. The highest BCUT2D eigenvalue weighted by Gasteiger charge is 2.22. The molecule has 6 heteroatoms. The average molecular weight is 447 g/mol. The summed E-state index contributed by atoms with van der Waals surface area (Å²) in [6.07, 6.45) is 2.34. The molecule has 0 radical (unpaired) electrons. The second-order valence-electron chi connectivity index (χ2n) is 9.28. The van der Waals surface area contributed by atoms with Crippen molar-refractivity contribution in [3.05, 3.63) is 65.9 Å². The molecule has 33 heavy (non-hydrogen) atoms. The predicted molar refractivity (Wildman–Crippen MR) is 133 cm³/mol. The fourth-order valence-electron chi connectivity index (χ4n) is 3.58. The summed E-state index contributed by atoms with van der Waals surface area (Å²) in [5.74, 6) is 0.381. The first-order chi connectivity index (χ1) is 15.6. The molecule has 0 saturated carbocycles. The van der Waals surface area contributed by atoms with Crippen molar-refractivity contribution in [2.24, 2.45) is 5.92 Å². The fraction of sp³-hybridized carbons (Fsp3) is 0.370. The van der Waals surface area contributed by atoms with E-state index in [0.717, 1.165) is 22.5 Å². The van der Waals surface area contributed by atoms with Gasteiger partial charge in [-0.2, -0.15) is 0 Å². The van der Waals surface area contributed by atoms with E-state index in [0.29, 0.717) is 12.4 Å². The van der Waals surface area contributed by atoms with Crippen molar-refractivity contribution in [1.29, 1.82) is 0 Å². The monoisotopic (exact) mass is 446 g/mol. The number of hydrogen-bond donors (Lipinski definition) is 1. The van der Waals surface area contributed by atoms with Gasteiger partial charge in [-0.15, -0.1) is 0 Å². The first-order valence-electron chi connectivity index (χ1n) is 11.5. The van der Waals surface area contributed by atoms with Crippen LogP contribution in [0.15, 0.2) is 54.7 Å². The summed E-state index contributed by atoms with van der Waals surface area (Å²) in [5.41, 5.74) is 4.96. The number of carbonyl (C=O) groups excluding carboxylic acids is 2. The Morgan fingerprint density at radius 3 is 2.06 bits per heavy atom. The third-order valence-corrected chi connectivity index (χ3v) is 5.46. The van der Waals surface area contributed by atoms with Gasteiger partial charge in [0.15, 0.2) is 0 Å². The number of benzene rings is 2. The number of nitrogens with zero attached hydrogens (tertiary/aromatic N) is 3. The van der Waals surface area contributed by atoms with Crippen LogP contribution in [0.4, 0.5) is 5.95 Å². The lowest BCUT2D eigenvalue weighted by Gasteiger charge is -2.27. The third-order valence-electron chi connectivity index (χ3n) is 5.46. The molecule has 174 valence electrons. The minimum absolute atomic E-state index is 0.0101. The summed E-state index contributed by atoms with van der Waals surface area (Å²) < 4.78 is 1.88. The second kappa shape index (κ2) is 10.5. The molecule has 0 aliphatic rings. The molecule has 1 N–H and O–H groups in total. The number of hydrogen-bond acceptors (Lipinski definition) is 3. The molecule has 2 amide bonds. The van der Waals surface area contributed by atoms with Gasteiger partial charge < -0.3 is 4.90 Å². The molecule has 0 bridgehead atoms. The summed E-state index contributed by atoms with van der Waals surface area (Å²) in [6.45, 7) is 11.9. The number of anilines is 1. The Hall–Kier alpha value is -3.41. The van der Waals surface area contributed by atoms with Crippen LogP contribution in [0, 0.1) is 19.8 Å². The van der Waals surface area contributed by atoms with Crippen molar-refractivity contribution in [1.82, 2.24) is 14.5 Å². The van der Waals surface area contributed by atoms with E-state index in [9.17, 15) is 9.59 Å². The molecule has 0 atom stereocenters. The maximum absolute atomic E-state index is 13.0. The Labute approximate surface area is 196 Å². The summed E-state index contributed by atoms with van der Waals surface area (Å²) in [6, 6.07) is 16.1. The highest BCUT2D eigenvalue weighted by molar-refractivity contribution is 5.94. The van der Waals surface area contributed by atoms with Gasteiger partial charge in [0.1, 0.15) is 6.54 Å². The molecule has 0 saturated heterocycles. The van der Waals surface area contributed by atoms with Crippen molar-refractivity contribution in [3.63, 3.8) is 0 Å². The molecule has 1 heterocycles. The lowest BCUT2D eigenvalue weighted by atomic mass is 10.1. The Balaban J connectivity index is 1.90. The van der Waals surface area contributed by atoms with E-state index in [2.05, 4.69) is 5.32 Å². The van der Waals surface area contributed by atoms with E-state index < -0.39 is 0 Å². The molecule has 1 aromatic heterocycles. The lowest BCUT2D eigenvalue weighted by Crippen LogP contribution is -2.43. The molecule has 3 aromatic rings. The maximum atomic E-state index is 13.0. The molecule has 0 spiro atoms. The smallest absolute Gasteiger partial charge is 0.246 e. The zero-order chi connectivity index (χ0) is 24.1. The van der Waals surface area contributed by atoms with Gasteiger partial charge in [-0.3, -0.25) is 19.5 Å². The van der Waals surface area contributed by atoms with E-state index in [-0.39, 0.29) is 30.3 Å². The van der Waals surface area contributed by atoms with Crippen LogP contribution in [0.25, 0.3) is 16.9 Å². The minimum Gasteiger partial charge on any atom is -0.331 e. The normalized spacial score (nSPS) is 11.2. The quantitative estimate of drug-likeness (QED) is 0.505. The van der Waals surface area contributed by atoms with E-state index in [1.807, 2.05) is 101 Å². The number of aromatic nitrogens is 2. The van der Waals surface area contributed by atoms with Crippen molar-refractivity contribution in [2.75, 3.05) is 11.9 Å². The van der Waals surface area contributed by atoms with E-state index in [4.69, 9.17) is 4.98 Å². The van der Waals surface area contributed by atoms with Gasteiger partial charge in [-0.1, -0.05) is 61.4 Å². The molecule has 0 fully saturated rings. The van der Waals surface area contributed by atoms with E-state index in [1.54, 1.807) is 4.90 Å². The fourth-order valence-corrected chi connectivity index (χ4v) is 3.58. The van der Waals surface area contributed by atoms with Gasteiger partial charge in [-0.05, 0) is 45.7 Å². The van der Waals surface area contributed by atoms with Gasteiger partial charge >= 0.3 is 0 Å². The topological polar surface area (TPSA) is 67.2 Å². The predicted octanol–water partition coefficient (Wildman–Crippen LogP) is 5.38. The standard InChI is InChI=1S/C27H34N4O2/c1-18(2)15-26(33)30(19(3)4)17-25(32)29-27-28-24(22-11-7-20(5)8-12-22)16-31(27)23-13-9-21(6)10-14-23/h7-14,16,18-19H,15,17H2,1-6H3,(H,28,29,32). The maximum Gasteiger partial charge on any atom is 0.246 e. The minimum atomic E-state index is -0.268. The van der Waals surface area contributed by atoms with Gasteiger partial charge in [0.25, 0.3) is 0 Å². The van der Waals surface area contributed by atoms with Gasteiger partial charge in [0.2, 0.25) is 17.8 Å². The zero-order valence-corrected chi connectivity index (χ0v) is 20.4.